The van der Waals surface area contributed by atoms with E-state index in [0.29, 0.717) is 18.1 Å². The third-order valence-corrected chi connectivity index (χ3v) is 7.12. The van der Waals surface area contributed by atoms with Gasteiger partial charge in [-0.2, -0.15) is 0 Å². The lowest BCUT2D eigenvalue weighted by atomic mass is 9.87. The van der Waals surface area contributed by atoms with Crippen LogP contribution in [-0.2, 0) is 14.3 Å². The zero-order chi connectivity index (χ0) is 17.9. The minimum absolute atomic E-state index is 0.0672. The van der Waals surface area contributed by atoms with Gasteiger partial charge in [0, 0.05) is 51.1 Å². The molecule has 4 fully saturated rings. The van der Waals surface area contributed by atoms with Crippen molar-refractivity contribution in [3.63, 3.8) is 0 Å². The lowest BCUT2D eigenvalue weighted by Crippen LogP contribution is -2.62. The maximum atomic E-state index is 12.5. The van der Waals surface area contributed by atoms with Crippen molar-refractivity contribution in [1.29, 1.82) is 0 Å². The fourth-order valence-corrected chi connectivity index (χ4v) is 5.63. The van der Waals surface area contributed by atoms with Gasteiger partial charge in [-0.15, -0.1) is 0 Å². The number of methoxy groups -OCH3 is 1. The van der Waals surface area contributed by atoms with Crippen molar-refractivity contribution >= 4 is 5.97 Å². The van der Waals surface area contributed by atoms with Gasteiger partial charge in [-0.05, 0) is 38.0 Å². The van der Waals surface area contributed by atoms with Crippen molar-refractivity contribution in [2.45, 2.75) is 75.5 Å². The molecule has 1 aliphatic carbocycles. The summed E-state index contributed by atoms with van der Waals surface area (Å²) in [5.41, 5.74) is 0. The molecule has 0 radical (unpaired) electrons. The van der Waals surface area contributed by atoms with Crippen molar-refractivity contribution in [3.8, 4) is 0 Å². The molecule has 4 aliphatic rings. The molecule has 3 saturated heterocycles. The fourth-order valence-electron chi connectivity index (χ4n) is 5.63. The smallest absolute Gasteiger partial charge is 0.323 e. The third-order valence-electron chi connectivity index (χ3n) is 7.12. The van der Waals surface area contributed by atoms with Crippen molar-refractivity contribution in [2.75, 3.05) is 40.1 Å². The zero-order valence-corrected chi connectivity index (χ0v) is 16.2. The fraction of sp³-hybridized carbons (Fsp3) is 0.950. The molecule has 0 bridgehead atoms. The van der Waals surface area contributed by atoms with Gasteiger partial charge in [-0.25, -0.2) is 0 Å². The molecule has 148 valence electrons. The second kappa shape index (κ2) is 8.55. The number of hydrogen-bond acceptors (Lipinski definition) is 6. The number of nitrogens with one attached hydrogen (secondary N) is 1. The summed E-state index contributed by atoms with van der Waals surface area (Å²) in [5.74, 6) is 0.793. The summed E-state index contributed by atoms with van der Waals surface area (Å²) in [6.07, 6.45) is 9.93. The van der Waals surface area contributed by atoms with Crippen LogP contribution in [-0.4, -0.2) is 80.0 Å². The molecule has 0 aromatic heterocycles. The van der Waals surface area contributed by atoms with Gasteiger partial charge in [0.25, 0.3) is 0 Å². The van der Waals surface area contributed by atoms with Crippen LogP contribution in [0.2, 0.25) is 0 Å². The van der Waals surface area contributed by atoms with E-state index >= 15 is 0 Å². The van der Waals surface area contributed by atoms with Crippen LogP contribution in [0.3, 0.4) is 0 Å². The predicted molar refractivity (Wildman–Crippen MR) is 99.8 cm³/mol. The van der Waals surface area contributed by atoms with Crippen LogP contribution in [0.15, 0.2) is 0 Å². The molecule has 3 atom stereocenters. The van der Waals surface area contributed by atoms with Gasteiger partial charge in [-0.1, -0.05) is 19.3 Å². The van der Waals surface area contributed by atoms with Crippen molar-refractivity contribution in [1.82, 2.24) is 15.1 Å². The number of hydrogen-bond donors (Lipinski definition) is 1. The van der Waals surface area contributed by atoms with Crippen LogP contribution in [0.4, 0.5) is 0 Å². The Bertz CT molecular complexity index is 477. The molecular weight excluding hydrogens is 330 g/mol. The van der Waals surface area contributed by atoms with Crippen LogP contribution in [0.25, 0.3) is 0 Å². The number of ether oxygens (including phenoxy) is 2. The number of carbonyl (C=O) groups is 1. The Kier molecular flexibility index (Phi) is 6.14. The number of nitrogens with zero attached hydrogens (tertiary/aromatic N) is 2. The summed E-state index contributed by atoms with van der Waals surface area (Å²) in [7, 11) is 1.52. The summed E-state index contributed by atoms with van der Waals surface area (Å²) in [5, 5.41) is 3.70. The molecule has 1 N–H and O–H groups in total. The van der Waals surface area contributed by atoms with Gasteiger partial charge >= 0.3 is 5.97 Å². The van der Waals surface area contributed by atoms with Gasteiger partial charge in [0.15, 0.2) is 0 Å². The Morgan fingerprint density at radius 3 is 2.65 bits per heavy atom. The summed E-state index contributed by atoms with van der Waals surface area (Å²) in [6, 6.07) is 1.29. The van der Waals surface area contributed by atoms with E-state index in [-0.39, 0.29) is 12.0 Å². The number of likely N-dealkylation sites (tertiary alicyclic amines) is 1. The Labute approximate surface area is 157 Å². The first-order valence-electron chi connectivity index (χ1n) is 10.6. The van der Waals surface area contributed by atoms with Gasteiger partial charge in [-0.3, -0.25) is 19.9 Å². The van der Waals surface area contributed by atoms with Crippen LogP contribution in [0.5, 0.6) is 0 Å². The lowest BCUT2D eigenvalue weighted by Gasteiger charge is -2.46. The van der Waals surface area contributed by atoms with E-state index in [2.05, 4.69) is 15.1 Å². The summed E-state index contributed by atoms with van der Waals surface area (Å²) < 4.78 is 10.7. The molecule has 4 rings (SSSR count). The monoisotopic (exact) mass is 365 g/mol. The van der Waals surface area contributed by atoms with E-state index in [4.69, 9.17) is 9.47 Å². The maximum Gasteiger partial charge on any atom is 0.323 e. The molecule has 3 heterocycles. The van der Waals surface area contributed by atoms with E-state index in [0.717, 1.165) is 51.6 Å². The first kappa shape index (κ1) is 18.7. The van der Waals surface area contributed by atoms with Crippen LogP contribution in [0, 0.1) is 5.92 Å². The van der Waals surface area contributed by atoms with E-state index in [1.807, 2.05) is 0 Å². The Balaban J connectivity index is 1.45. The Hall–Kier alpha value is -0.690. The minimum atomic E-state index is -0.105. The Morgan fingerprint density at radius 1 is 1.15 bits per heavy atom. The average molecular weight is 366 g/mol. The summed E-state index contributed by atoms with van der Waals surface area (Å²) in [4.78, 5) is 17.6. The molecular formula is C20H35N3O3. The maximum absolute atomic E-state index is 12.5. The Morgan fingerprint density at radius 2 is 1.92 bits per heavy atom. The van der Waals surface area contributed by atoms with Gasteiger partial charge < -0.3 is 9.47 Å². The molecule has 0 spiro atoms. The number of carbonyl (C=O) groups excluding carboxylic acids is 1. The van der Waals surface area contributed by atoms with Crippen molar-refractivity contribution in [2.24, 2.45) is 5.92 Å². The van der Waals surface area contributed by atoms with Crippen molar-refractivity contribution in [3.05, 3.63) is 0 Å². The normalized spacial score (nSPS) is 35.3. The van der Waals surface area contributed by atoms with E-state index in [1.54, 1.807) is 0 Å². The number of fused-ring (bicyclic) bond motifs is 1. The van der Waals surface area contributed by atoms with E-state index in [9.17, 15) is 4.79 Å². The van der Waals surface area contributed by atoms with Crippen LogP contribution < -0.4 is 5.32 Å². The highest BCUT2D eigenvalue weighted by atomic mass is 16.5. The molecule has 6 nitrogen and oxygen atoms in total. The standard InChI is InChI=1S/C20H35N3O3/c1-25-20(24)18-11-17-19(13-23(18)16-7-9-26-10-8-16)22(14-21-17)12-15-5-3-2-4-6-15/h15-19,21H,2-14H2,1H3. The predicted octanol–water partition coefficient (Wildman–Crippen LogP) is 1.59. The molecule has 3 unspecified atom stereocenters. The van der Waals surface area contributed by atoms with Gasteiger partial charge in [0.05, 0.1) is 7.11 Å². The highest BCUT2D eigenvalue weighted by Gasteiger charge is 2.47. The highest BCUT2D eigenvalue weighted by molar-refractivity contribution is 5.76. The minimum Gasteiger partial charge on any atom is -0.468 e. The zero-order valence-electron chi connectivity index (χ0n) is 16.2. The second-order valence-corrected chi connectivity index (χ2v) is 8.63. The van der Waals surface area contributed by atoms with Crippen LogP contribution >= 0.6 is 0 Å². The largest absolute Gasteiger partial charge is 0.468 e. The molecule has 0 aromatic carbocycles. The quantitative estimate of drug-likeness (QED) is 0.764. The topological polar surface area (TPSA) is 54.0 Å². The number of esters is 1. The SMILES string of the molecule is COC(=O)C1CC2NCN(CC3CCCCC3)C2CN1C1CCOCC1. The summed E-state index contributed by atoms with van der Waals surface area (Å²) >= 11 is 0. The van der Waals surface area contributed by atoms with Crippen LogP contribution in [0.1, 0.15) is 51.4 Å². The highest BCUT2D eigenvalue weighted by Crippen LogP contribution is 2.32. The van der Waals surface area contributed by atoms with Gasteiger partial charge in [0.2, 0.25) is 0 Å². The second-order valence-electron chi connectivity index (χ2n) is 8.63. The molecule has 26 heavy (non-hydrogen) atoms. The first-order chi connectivity index (χ1) is 12.8. The molecule has 3 aliphatic heterocycles. The van der Waals surface area contributed by atoms with E-state index < -0.39 is 0 Å². The molecule has 0 aromatic rings. The molecule has 1 saturated carbocycles. The van der Waals surface area contributed by atoms with Crippen molar-refractivity contribution < 1.29 is 14.3 Å². The van der Waals surface area contributed by atoms with Gasteiger partial charge in [0.1, 0.15) is 6.04 Å². The summed E-state index contributed by atoms with van der Waals surface area (Å²) in [6.45, 7) is 4.80. The first-order valence-corrected chi connectivity index (χ1v) is 10.6. The number of rotatable bonds is 4. The van der Waals surface area contributed by atoms with E-state index in [1.165, 1.54) is 45.8 Å². The number of piperidine rings is 1. The third kappa shape index (κ3) is 3.93. The molecule has 0 amide bonds. The lowest BCUT2D eigenvalue weighted by molar-refractivity contribution is -0.152. The molecule has 6 heteroatoms. The average Bonchev–Trinajstić information content (AvgIpc) is 3.09.